The van der Waals surface area contributed by atoms with E-state index in [9.17, 15) is 4.79 Å². The Morgan fingerprint density at radius 2 is 2.07 bits per heavy atom. The van der Waals surface area contributed by atoms with E-state index in [-0.39, 0.29) is 17.9 Å². The third kappa shape index (κ3) is 5.05. The summed E-state index contributed by atoms with van der Waals surface area (Å²) in [5.74, 6) is 2.61. The average molecular weight is 374 g/mol. The summed E-state index contributed by atoms with van der Waals surface area (Å²) in [5, 5.41) is 6.76. The summed E-state index contributed by atoms with van der Waals surface area (Å²) in [7, 11) is 1.76. The van der Waals surface area contributed by atoms with Gasteiger partial charge in [-0.25, -0.2) is 0 Å². The van der Waals surface area contributed by atoms with Crippen molar-refractivity contribution in [3.8, 4) is 11.5 Å². The molecule has 1 saturated heterocycles. The average Bonchev–Trinajstić information content (AvgIpc) is 3.00. The Labute approximate surface area is 161 Å². The SMILES string of the molecule is CN=C(NCc1ccc2c(c1)OCCCO2)NC1CCN(C(=O)C(C)C)C1. The second kappa shape index (κ2) is 8.97. The lowest BCUT2D eigenvalue weighted by molar-refractivity contribution is -0.133. The number of nitrogens with one attached hydrogen (secondary N) is 2. The fourth-order valence-electron chi connectivity index (χ4n) is 3.33. The molecule has 0 aliphatic carbocycles. The number of rotatable bonds is 4. The van der Waals surface area contributed by atoms with E-state index in [2.05, 4.69) is 15.6 Å². The molecule has 2 aliphatic heterocycles. The van der Waals surface area contributed by atoms with Gasteiger partial charge >= 0.3 is 0 Å². The third-order valence-electron chi connectivity index (χ3n) is 4.83. The monoisotopic (exact) mass is 374 g/mol. The first-order valence-electron chi connectivity index (χ1n) is 9.71. The standard InChI is InChI=1S/C20H30N4O3/c1-14(2)19(25)24-8-7-16(13-24)23-20(21-3)22-12-15-5-6-17-18(11-15)27-10-4-9-26-17/h5-6,11,14,16H,4,7-10,12-13H2,1-3H3,(H2,21,22,23). The topological polar surface area (TPSA) is 75.2 Å². The molecule has 2 aliphatic rings. The minimum Gasteiger partial charge on any atom is -0.490 e. The molecule has 2 N–H and O–H groups in total. The fourth-order valence-corrected chi connectivity index (χ4v) is 3.33. The predicted molar refractivity (Wildman–Crippen MR) is 105 cm³/mol. The quantitative estimate of drug-likeness (QED) is 0.621. The van der Waals surface area contributed by atoms with E-state index < -0.39 is 0 Å². The maximum Gasteiger partial charge on any atom is 0.225 e. The highest BCUT2D eigenvalue weighted by molar-refractivity contribution is 5.81. The summed E-state index contributed by atoms with van der Waals surface area (Å²) >= 11 is 0. The van der Waals surface area contributed by atoms with E-state index in [4.69, 9.17) is 9.47 Å². The number of fused-ring (bicyclic) bond motifs is 1. The van der Waals surface area contributed by atoms with Crippen LogP contribution in [0, 0.1) is 5.92 Å². The Bertz CT molecular complexity index is 690. The van der Waals surface area contributed by atoms with Gasteiger partial charge in [0, 0.05) is 45.1 Å². The number of hydrogen-bond donors (Lipinski definition) is 2. The number of aliphatic imine (C=N–C) groups is 1. The van der Waals surface area contributed by atoms with Gasteiger partial charge in [-0.3, -0.25) is 9.79 Å². The van der Waals surface area contributed by atoms with E-state index in [1.54, 1.807) is 7.05 Å². The molecule has 0 radical (unpaired) electrons. The zero-order valence-corrected chi connectivity index (χ0v) is 16.5. The van der Waals surface area contributed by atoms with Crippen molar-refractivity contribution in [1.82, 2.24) is 15.5 Å². The molecule has 7 heteroatoms. The summed E-state index contributed by atoms with van der Waals surface area (Å²) in [4.78, 5) is 18.4. The molecule has 1 aromatic carbocycles. The Balaban J connectivity index is 1.51. The molecule has 0 spiro atoms. The van der Waals surface area contributed by atoms with Gasteiger partial charge in [0.1, 0.15) is 0 Å². The van der Waals surface area contributed by atoms with Gasteiger partial charge < -0.3 is 25.0 Å². The Morgan fingerprint density at radius 1 is 1.30 bits per heavy atom. The molecule has 0 bridgehead atoms. The summed E-state index contributed by atoms with van der Waals surface area (Å²) in [5.41, 5.74) is 1.10. The van der Waals surface area contributed by atoms with Gasteiger partial charge in [0.05, 0.1) is 13.2 Å². The van der Waals surface area contributed by atoms with Crippen LogP contribution in [0.2, 0.25) is 0 Å². The van der Waals surface area contributed by atoms with Gasteiger partial charge in [0.25, 0.3) is 0 Å². The first-order valence-corrected chi connectivity index (χ1v) is 9.71. The maximum absolute atomic E-state index is 12.1. The van der Waals surface area contributed by atoms with Gasteiger partial charge in [0.15, 0.2) is 17.5 Å². The van der Waals surface area contributed by atoms with Crippen LogP contribution in [0.3, 0.4) is 0 Å². The number of ether oxygens (including phenoxy) is 2. The smallest absolute Gasteiger partial charge is 0.225 e. The Morgan fingerprint density at radius 3 is 2.81 bits per heavy atom. The Hall–Kier alpha value is -2.44. The molecule has 27 heavy (non-hydrogen) atoms. The number of carbonyl (C=O) groups is 1. The molecule has 148 valence electrons. The highest BCUT2D eigenvalue weighted by Gasteiger charge is 2.27. The van der Waals surface area contributed by atoms with Crippen LogP contribution in [-0.4, -0.2) is 56.2 Å². The van der Waals surface area contributed by atoms with Crippen molar-refractivity contribution in [2.45, 2.75) is 39.3 Å². The van der Waals surface area contributed by atoms with E-state index in [0.717, 1.165) is 49.0 Å². The number of hydrogen-bond acceptors (Lipinski definition) is 4. The molecule has 1 atom stereocenters. The van der Waals surface area contributed by atoms with Gasteiger partial charge in [-0.2, -0.15) is 0 Å². The third-order valence-corrected chi connectivity index (χ3v) is 4.83. The van der Waals surface area contributed by atoms with Crippen molar-refractivity contribution in [1.29, 1.82) is 0 Å². The highest BCUT2D eigenvalue weighted by atomic mass is 16.5. The van der Waals surface area contributed by atoms with E-state index in [1.165, 1.54) is 0 Å². The Kier molecular flexibility index (Phi) is 6.42. The molecule has 1 fully saturated rings. The van der Waals surface area contributed by atoms with Crippen molar-refractivity contribution >= 4 is 11.9 Å². The number of carbonyl (C=O) groups excluding carboxylic acids is 1. The number of guanidine groups is 1. The van der Waals surface area contributed by atoms with Gasteiger partial charge in [-0.1, -0.05) is 19.9 Å². The zero-order chi connectivity index (χ0) is 19.2. The molecular weight excluding hydrogens is 344 g/mol. The van der Waals surface area contributed by atoms with E-state index >= 15 is 0 Å². The summed E-state index contributed by atoms with van der Waals surface area (Å²) in [6.45, 7) is 7.42. The molecule has 7 nitrogen and oxygen atoms in total. The molecular formula is C20H30N4O3. The highest BCUT2D eigenvalue weighted by Crippen LogP contribution is 2.30. The van der Waals surface area contributed by atoms with Crippen LogP contribution < -0.4 is 20.1 Å². The summed E-state index contributed by atoms with van der Waals surface area (Å²) in [6, 6.07) is 6.23. The number of nitrogens with zero attached hydrogens (tertiary/aromatic N) is 2. The molecule has 1 aromatic rings. The van der Waals surface area contributed by atoms with Gasteiger partial charge in [-0.15, -0.1) is 0 Å². The summed E-state index contributed by atoms with van der Waals surface area (Å²) < 4.78 is 11.4. The van der Waals surface area contributed by atoms with Crippen LogP contribution in [0.5, 0.6) is 11.5 Å². The van der Waals surface area contributed by atoms with E-state index in [1.807, 2.05) is 36.9 Å². The van der Waals surface area contributed by atoms with Crippen LogP contribution in [0.25, 0.3) is 0 Å². The lowest BCUT2D eigenvalue weighted by atomic mass is 10.2. The first-order chi connectivity index (χ1) is 13.1. The minimum atomic E-state index is 0.0422. The molecule has 3 rings (SSSR count). The molecule has 1 unspecified atom stereocenters. The number of amides is 1. The number of likely N-dealkylation sites (tertiary alicyclic amines) is 1. The lowest BCUT2D eigenvalue weighted by Gasteiger charge is -2.20. The number of benzene rings is 1. The van der Waals surface area contributed by atoms with Gasteiger partial charge in [-0.05, 0) is 24.1 Å². The van der Waals surface area contributed by atoms with Crippen molar-refractivity contribution in [2.75, 3.05) is 33.4 Å². The minimum absolute atomic E-state index is 0.0422. The summed E-state index contributed by atoms with van der Waals surface area (Å²) in [6.07, 6.45) is 1.83. The maximum atomic E-state index is 12.1. The molecule has 0 aromatic heterocycles. The van der Waals surface area contributed by atoms with E-state index in [0.29, 0.717) is 19.8 Å². The predicted octanol–water partition coefficient (Wildman–Crippen LogP) is 1.77. The largest absolute Gasteiger partial charge is 0.490 e. The van der Waals surface area contributed by atoms with Crippen molar-refractivity contribution in [3.63, 3.8) is 0 Å². The van der Waals surface area contributed by atoms with Crippen LogP contribution in [0.1, 0.15) is 32.3 Å². The van der Waals surface area contributed by atoms with Crippen LogP contribution in [-0.2, 0) is 11.3 Å². The zero-order valence-electron chi connectivity index (χ0n) is 16.5. The van der Waals surface area contributed by atoms with Crippen molar-refractivity contribution in [3.05, 3.63) is 23.8 Å². The molecule has 0 saturated carbocycles. The van der Waals surface area contributed by atoms with Crippen molar-refractivity contribution < 1.29 is 14.3 Å². The lowest BCUT2D eigenvalue weighted by Crippen LogP contribution is -2.45. The fraction of sp³-hybridized carbons (Fsp3) is 0.600. The normalized spacial score (nSPS) is 19.8. The van der Waals surface area contributed by atoms with Gasteiger partial charge in [0.2, 0.25) is 5.91 Å². The second-order valence-electron chi connectivity index (χ2n) is 7.33. The van der Waals surface area contributed by atoms with Crippen LogP contribution in [0.4, 0.5) is 0 Å². The molecule has 1 amide bonds. The van der Waals surface area contributed by atoms with Crippen LogP contribution in [0.15, 0.2) is 23.2 Å². The van der Waals surface area contributed by atoms with Crippen molar-refractivity contribution in [2.24, 2.45) is 10.9 Å². The van der Waals surface area contributed by atoms with Crippen LogP contribution >= 0.6 is 0 Å². The first kappa shape index (κ1) is 19.3. The molecule has 2 heterocycles. The second-order valence-corrected chi connectivity index (χ2v) is 7.33.